The van der Waals surface area contributed by atoms with Crippen molar-refractivity contribution in [3.8, 4) is 0 Å². The Hall–Kier alpha value is -0.0400. The molecule has 1 heteroatoms. The molecule has 0 spiro atoms. The predicted molar refractivity (Wildman–Crippen MR) is 95.4 cm³/mol. The number of rotatable bonds is 9. The first-order chi connectivity index (χ1) is 9.78. The minimum Gasteiger partial charge on any atom is -0.326 e. The third-order valence-corrected chi connectivity index (χ3v) is 5.66. The first-order valence-corrected chi connectivity index (χ1v) is 9.57. The number of hydrogen-bond donors (Lipinski definition) is 1. The van der Waals surface area contributed by atoms with Crippen molar-refractivity contribution in [1.82, 2.24) is 0 Å². The lowest BCUT2D eigenvalue weighted by atomic mass is 9.75. The van der Waals surface area contributed by atoms with E-state index in [4.69, 9.17) is 5.73 Å². The lowest BCUT2D eigenvalue weighted by Crippen LogP contribution is -2.31. The van der Waals surface area contributed by atoms with Crippen molar-refractivity contribution < 1.29 is 0 Å². The van der Waals surface area contributed by atoms with Gasteiger partial charge in [-0.25, -0.2) is 0 Å². The zero-order valence-corrected chi connectivity index (χ0v) is 15.5. The summed E-state index contributed by atoms with van der Waals surface area (Å²) in [6.45, 7) is 11.5. The largest absolute Gasteiger partial charge is 0.326 e. The van der Waals surface area contributed by atoms with Gasteiger partial charge in [-0.3, -0.25) is 0 Å². The molecule has 0 heterocycles. The van der Waals surface area contributed by atoms with Crippen molar-refractivity contribution in [1.29, 1.82) is 0 Å². The average molecular weight is 296 g/mol. The molecule has 126 valence electrons. The van der Waals surface area contributed by atoms with E-state index in [9.17, 15) is 0 Å². The minimum absolute atomic E-state index is 0.0226. The van der Waals surface area contributed by atoms with E-state index in [2.05, 4.69) is 34.6 Å². The van der Waals surface area contributed by atoms with Crippen LogP contribution in [0.3, 0.4) is 0 Å². The van der Waals surface area contributed by atoms with E-state index in [-0.39, 0.29) is 5.54 Å². The smallest absolute Gasteiger partial charge is 0.00970 e. The van der Waals surface area contributed by atoms with Crippen LogP contribution in [0.1, 0.15) is 98.8 Å². The highest BCUT2D eigenvalue weighted by atomic mass is 14.7. The van der Waals surface area contributed by atoms with Gasteiger partial charge in [-0.05, 0) is 56.8 Å². The average Bonchev–Trinajstić information content (AvgIpc) is 2.37. The van der Waals surface area contributed by atoms with Gasteiger partial charge in [0.25, 0.3) is 0 Å². The van der Waals surface area contributed by atoms with Crippen molar-refractivity contribution in [3.05, 3.63) is 0 Å². The molecule has 2 N–H and O–H groups in total. The van der Waals surface area contributed by atoms with Gasteiger partial charge in [0.05, 0.1) is 0 Å². The first kappa shape index (κ1) is 19.0. The summed E-state index contributed by atoms with van der Waals surface area (Å²) in [4.78, 5) is 0. The normalized spacial score (nSPS) is 25.3. The lowest BCUT2D eigenvalue weighted by Gasteiger charge is -2.31. The Bertz CT molecular complexity index is 256. The fourth-order valence-corrected chi connectivity index (χ4v) is 3.95. The second kappa shape index (κ2) is 9.18. The van der Waals surface area contributed by atoms with Crippen molar-refractivity contribution in [3.63, 3.8) is 0 Å². The van der Waals surface area contributed by atoms with Crippen molar-refractivity contribution in [2.75, 3.05) is 0 Å². The molecule has 0 radical (unpaired) electrons. The summed E-state index contributed by atoms with van der Waals surface area (Å²) in [6.07, 6.45) is 14.2. The molecule has 1 atom stereocenters. The minimum atomic E-state index is 0.0226. The van der Waals surface area contributed by atoms with E-state index in [1.807, 2.05) is 0 Å². The van der Waals surface area contributed by atoms with E-state index in [0.29, 0.717) is 0 Å². The van der Waals surface area contributed by atoms with Gasteiger partial charge in [-0.1, -0.05) is 65.7 Å². The molecule has 1 aliphatic carbocycles. The molecule has 0 bridgehead atoms. The maximum Gasteiger partial charge on any atom is 0.00970 e. The highest BCUT2D eigenvalue weighted by molar-refractivity contribution is 4.75. The van der Waals surface area contributed by atoms with E-state index >= 15 is 0 Å². The van der Waals surface area contributed by atoms with Crippen molar-refractivity contribution in [2.45, 2.75) is 104 Å². The van der Waals surface area contributed by atoms with Crippen LogP contribution in [0.5, 0.6) is 0 Å². The predicted octanol–water partition coefficient (Wildman–Crippen LogP) is 6.16. The van der Waals surface area contributed by atoms with E-state index in [1.165, 1.54) is 57.8 Å². The second-order valence-corrected chi connectivity index (χ2v) is 8.94. The molecule has 0 saturated heterocycles. The quantitative estimate of drug-likeness (QED) is 0.541. The molecule has 1 aliphatic rings. The summed E-state index contributed by atoms with van der Waals surface area (Å²) in [5.74, 6) is 3.84. The van der Waals surface area contributed by atoms with Gasteiger partial charge in [-0.15, -0.1) is 0 Å². The molecule has 1 saturated carbocycles. The summed E-state index contributed by atoms with van der Waals surface area (Å²) >= 11 is 0. The molecule has 1 unspecified atom stereocenters. The Balaban J connectivity index is 2.03. The zero-order chi connectivity index (χ0) is 15.9. The van der Waals surface area contributed by atoms with Crippen LogP contribution >= 0.6 is 0 Å². The summed E-state index contributed by atoms with van der Waals surface area (Å²) in [5, 5.41) is 0. The molecule has 0 aromatic carbocycles. The standard InChI is InChI=1S/C20H41N/c1-16(2)19-13-11-18(12-14-19)10-6-8-17(3)9-7-15-20(4,5)21/h16-19H,6-15,21H2,1-5H3. The molecule has 0 aromatic heterocycles. The Morgan fingerprint density at radius 3 is 2.05 bits per heavy atom. The third kappa shape index (κ3) is 8.86. The fraction of sp³-hybridized carbons (Fsp3) is 1.00. The number of nitrogens with two attached hydrogens (primary N) is 1. The highest BCUT2D eigenvalue weighted by Crippen LogP contribution is 2.35. The molecular formula is C20H41N. The molecule has 1 rings (SSSR count). The first-order valence-electron chi connectivity index (χ1n) is 9.57. The van der Waals surface area contributed by atoms with Gasteiger partial charge in [-0.2, -0.15) is 0 Å². The van der Waals surface area contributed by atoms with Crippen LogP contribution in [-0.2, 0) is 0 Å². The van der Waals surface area contributed by atoms with Gasteiger partial charge >= 0.3 is 0 Å². The van der Waals surface area contributed by atoms with E-state index in [1.54, 1.807) is 0 Å². The van der Waals surface area contributed by atoms with Gasteiger partial charge in [0.1, 0.15) is 0 Å². The highest BCUT2D eigenvalue weighted by Gasteiger charge is 2.22. The second-order valence-electron chi connectivity index (χ2n) is 8.94. The van der Waals surface area contributed by atoms with E-state index < -0.39 is 0 Å². The molecule has 0 aliphatic heterocycles. The van der Waals surface area contributed by atoms with Crippen LogP contribution in [0.15, 0.2) is 0 Å². The van der Waals surface area contributed by atoms with Gasteiger partial charge < -0.3 is 5.73 Å². The molecule has 1 nitrogen and oxygen atoms in total. The fourth-order valence-electron chi connectivity index (χ4n) is 3.95. The zero-order valence-electron chi connectivity index (χ0n) is 15.5. The van der Waals surface area contributed by atoms with Crippen LogP contribution in [0, 0.1) is 23.7 Å². The third-order valence-electron chi connectivity index (χ3n) is 5.66. The molecular weight excluding hydrogens is 254 g/mol. The van der Waals surface area contributed by atoms with E-state index in [0.717, 1.165) is 30.1 Å². The van der Waals surface area contributed by atoms with Crippen LogP contribution in [-0.4, -0.2) is 5.54 Å². The van der Waals surface area contributed by atoms with Gasteiger partial charge in [0.2, 0.25) is 0 Å². The summed E-state index contributed by atoms with van der Waals surface area (Å²) < 4.78 is 0. The van der Waals surface area contributed by atoms with Gasteiger partial charge in [0, 0.05) is 5.54 Å². The molecule has 1 fully saturated rings. The SMILES string of the molecule is CC(CCCC1CCC(C(C)C)CC1)CCCC(C)(C)N. The van der Waals surface area contributed by atoms with Crippen LogP contribution < -0.4 is 5.73 Å². The van der Waals surface area contributed by atoms with Gasteiger partial charge in [0.15, 0.2) is 0 Å². The van der Waals surface area contributed by atoms with Crippen LogP contribution in [0.25, 0.3) is 0 Å². The Morgan fingerprint density at radius 1 is 0.952 bits per heavy atom. The molecule has 0 amide bonds. The summed E-state index contributed by atoms with van der Waals surface area (Å²) in [7, 11) is 0. The Kier molecular flexibility index (Phi) is 8.31. The summed E-state index contributed by atoms with van der Waals surface area (Å²) in [6, 6.07) is 0. The number of hydrogen-bond acceptors (Lipinski definition) is 1. The molecule has 21 heavy (non-hydrogen) atoms. The molecule has 0 aromatic rings. The monoisotopic (exact) mass is 295 g/mol. The Morgan fingerprint density at radius 2 is 1.52 bits per heavy atom. The lowest BCUT2D eigenvalue weighted by molar-refractivity contribution is 0.212. The maximum absolute atomic E-state index is 6.05. The topological polar surface area (TPSA) is 26.0 Å². The summed E-state index contributed by atoms with van der Waals surface area (Å²) in [5.41, 5.74) is 6.07. The van der Waals surface area contributed by atoms with Crippen molar-refractivity contribution >= 4 is 0 Å². The van der Waals surface area contributed by atoms with Crippen LogP contribution in [0.4, 0.5) is 0 Å². The van der Waals surface area contributed by atoms with Crippen LogP contribution in [0.2, 0.25) is 0 Å². The Labute approximate surface area is 134 Å². The van der Waals surface area contributed by atoms with Crippen molar-refractivity contribution in [2.24, 2.45) is 29.4 Å². The maximum atomic E-state index is 6.05.